The number of allylic oxidation sites excluding steroid dienone is 2. The molecule has 0 aliphatic carbocycles. The quantitative estimate of drug-likeness (QED) is 0.212. The lowest BCUT2D eigenvalue weighted by Gasteiger charge is -2.36. The summed E-state index contributed by atoms with van der Waals surface area (Å²) < 4.78 is 5.25. The van der Waals surface area contributed by atoms with Gasteiger partial charge in [0, 0.05) is 6.42 Å². The van der Waals surface area contributed by atoms with Gasteiger partial charge in [-0.15, -0.1) is 0 Å². The molecule has 146 valence electrons. The third kappa shape index (κ3) is 10.0. The van der Waals surface area contributed by atoms with Gasteiger partial charge in [0.15, 0.2) is 0 Å². The van der Waals surface area contributed by atoms with Crippen LogP contribution in [0.1, 0.15) is 104 Å². The number of esters is 1. The van der Waals surface area contributed by atoms with Gasteiger partial charge in [0.25, 0.3) is 0 Å². The number of hydrogen-bond donors (Lipinski definition) is 1. The zero-order valence-electron chi connectivity index (χ0n) is 16.5. The first-order valence-corrected chi connectivity index (χ1v) is 10.7. The maximum absolute atomic E-state index is 11.6. The Morgan fingerprint density at radius 3 is 2.28 bits per heavy atom. The molecule has 0 radical (unpaired) electrons. The van der Waals surface area contributed by atoms with Gasteiger partial charge in [0.05, 0.1) is 12.0 Å². The molecule has 1 heterocycles. The minimum atomic E-state index is -0.356. The Hall–Kier alpha value is -0.830. The van der Waals surface area contributed by atoms with Crippen LogP contribution in [0.5, 0.6) is 0 Å². The van der Waals surface area contributed by atoms with Crippen molar-refractivity contribution < 1.29 is 14.6 Å². The first-order chi connectivity index (χ1) is 12.2. The molecule has 1 aliphatic rings. The molecule has 1 saturated heterocycles. The molecule has 25 heavy (non-hydrogen) atoms. The van der Waals surface area contributed by atoms with E-state index in [1.165, 1.54) is 51.4 Å². The molecular formula is C22H40O3. The summed E-state index contributed by atoms with van der Waals surface area (Å²) in [5.74, 6) is -0.0261. The van der Waals surface area contributed by atoms with E-state index in [1.807, 2.05) is 0 Å². The van der Waals surface area contributed by atoms with E-state index < -0.39 is 0 Å². The Kier molecular flexibility index (Phi) is 12.8. The summed E-state index contributed by atoms with van der Waals surface area (Å²) in [5.41, 5.74) is 0. The highest BCUT2D eigenvalue weighted by Crippen LogP contribution is 2.31. The number of cyclic esters (lactones) is 1. The van der Waals surface area contributed by atoms with Crippen molar-refractivity contribution >= 4 is 5.97 Å². The first kappa shape index (κ1) is 22.2. The molecule has 0 amide bonds. The van der Waals surface area contributed by atoms with Gasteiger partial charge >= 0.3 is 5.97 Å². The molecule has 0 saturated carbocycles. The van der Waals surface area contributed by atoms with Crippen molar-refractivity contribution in [1.82, 2.24) is 0 Å². The van der Waals surface area contributed by atoms with Gasteiger partial charge in [-0.25, -0.2) is 0 Å². The van der Waals surface area contributed by atoms with E-state index >= 15 is 0 Å². The lowest BCUT2D eigenvalue weighted by atomic mass is 9.87. The Bertz CT molecular complexity index is 364. The first-order valence-electron chi connectivity index (χ1n) is 10.7. The average molecular weight is 353 g/mol. The molecular weight excluding hydrogens is 312 g/mol. The van der Waals surface area contributed by atoms with Crippen molar-refractivity contribution in [2.75, 3.05) is 0 Å². The number of carbonyl (C=O) groups excluding carboxylic acids is 1. The fraction of sp³-hybridized carbons (Fsp3) is 0.864. The van der Waals surface area contributed by atoms with Gasteiger partial charge < -0.3 is 9.84 Å². The van der Waals surface area contributed by atoms with Crippen molar-refractivity contribution in [3.63, 3.8) is 0 Å². The second-order valence-electron chi connectivity index (χ2n) is 7.57. The number of aliphatic hydroxyl groups is 1. The number of carbonyl (C=O) groups is 1. The van der Waals surface area contributed by atoms with Gasteiger partial charge in [0.2, 0.25) is 0 Å². The summed E-state index contributed by atoms with van der Waals surface area (Å²) in [6.45, 7) is 4.43. The van der Waals surface area contributed by atoms with Crippen LogP contribution in [-0.2, 0) is 9.53 Å². The normalized spacial score (nSPS) is 21.3. The van der Waals surface area contributed by atoms with Crippen LogP contribution in [0.15, 0.2) is 12.2 Å². The second-order valence-corrected chi connectivity index (χ2v) is 7.57. The zero-order valence-corrected chi connectivity index (χ0v) is 16.5. The number of unbranched alkanes of at least 4 members (excludes halogenated alkanes) is 8. The summed E-state index contributed by atoms with van der Waals surface area (Å²) in [4.78, 5) is 11.6. The minimum Gasteiger partial charge on any atom is -0.461 e. The highest BCUT2D eigenvalue weighted by molar-refractivity contribution is 5.78. The zero-order chi connectivity index (χ0) is 18.3. The third-order valence-corrected chi connectivity index (χ3v) is 5.20. The van der Waals surface area contributed by atoms with E-state index in [2.05, 4.69) is 26.0 Å². The number of hydrogen-bond acceptors (Lipinski definition) is 3. The van der Waals surface area contributed by atoms with Crippen molar-refractivity contribution in [3.8, 4) is 0 Å². The van der Waals surface area contributed by atoms with E-state index in [-0.39, 0.29) is 24.1 Å². The van der Waals surface area contributed by atoms with Gasteiger partial charge in [-0.05, 0) is 32.1 Å². The topological polar surface area (TPSA) is 46.5 Å². The monoisotopic (exact) mass is 352 g/mol. The predicted molar refractivity (Wildman–Crippen MR) is 105 cm³/mol. The van der Waals surface area contributed by atoms with Crippen molar-refractivity contribution in [3.05, 3.63) is 12.2 Å². The maximum atomic E-state index is 11.6. The molecule has 3 atom stereocenters. The molecule has 0 aromatic rings. The van der Waals surface area contributed by atoms with Crippen LogP contribution < -0.4 is 0 Å². The Balaban J connectivity index is 2.05. The molecule has 3 heteroatoms. The van der Waals surface area contributed by atoms with Gasteiger partial charge in [-0.2, -0.15) is 0 Å². The fourth-order valence-electron chi connectivity index (χ4n) is 3.48. The van der Waals surface area contributed by atoms with Gasteiger partial charge in [0.1, 0.15) is 6.10 Å². The Morgan fingerprint density at radius 2 is 1.60 bits per heavy atom. The van der Waals surface area contributed by atoms with E-state index in [1.54, 1.807) is 0 Å². The van der Waals surface area contributed by atoms with Crippen molar-refractivity contribution in [1.29, 1.82) is 0 Å². The summed E-state index contributed by atoms with van der Waals surface area (Å²) in [7, 11) is 0. The molecule has 0 bridgehead atoms. The largest absolute Gasteiger partial charge is 0.461 e. The van der Waals surface area contributed by atoms with Crippen LogP contribution in [0.2, 0.25) is 0 Å². The summed E-state index contributed by atoms with van der Waals surface area (Å²) in [5, 5.41) is 10.2. The fourth-order valence-corrected chi connectivity index (χ4v) is 3.48. The molecule has 1 aliphatic heterocycles. The molecule has 0 aromatic heterocycles. The summed E-state index contributed by atoms with van der Waals surface area (Å²) in [6.07, 6.45) is 19.7. The summed E-state index contributed by atoms with van der Waals surface area (Å²) in [6, 6.07) is 0. The lowest BCUT2D eigenvalue weighted by molar-refractivity contribution is -0.188. The molecule has 1 fully saturated rings. The minimum absolute atomic E-state index is 0.0326. The third-order valence-electron chi connectivity index (χ3n) is 5.20. The average Bonchev–Trinajstić information content (AvgIpc) is 2.59. The standard InChI is InChI=1S/C22H40O3/c1-3-5-7-9-10-11-12-13-14-16-19(23)18-21-20(22(24)25-21)17-15-8-6-4-2/h12-13,19-21,23H,3-11,14-18H2,1-2H3/b13-12-/t19-,20+,21+/m1/s1. The number of aliphatic hydroxyl groups excluding tert-OH is 1. The lowest BCUT2D eigenvalue weighted by Crippen LogP contribution is -2.46. The molecule has 0 unspecified atom stereocenters. The van der Waals surface area contributed by atoms with Crippen LogP contribution in [-0.4, -0.2) is 23.3 Å². The molecule has 0 spiro atoms. The van der Waals surface area contributed by atoms with Crippen LogP contribution in [0.4, 0.5) is 0 Å². The van der Waals surface area contributed by atoms with E-state index in [0.717, 1.165) is 32.1 Å². The van der Waals surface area contributed by atoms with Crippen LogP contribution >= 0.6 is 0 Å². The molecule has 1 N–H and O–H groups in total. The second kappa shape index (κ2) is 14.4. The smallest absolute Gasteiger partial charge is 0.313 e. The summed E-state index contributed by atoms with van der Waals surface area (Å²) >= 11 is 0. The number of rotatable bonds is 16. The van der Waals surface area contributed by atoms with E-state index in [9.17, 15) is 9.90 Å². The van der Waals surface area contributed by atoms with E-state index in [4.69, 9.17) is 4.74 Å². The molecule has 1 rings (SSSR count). The number of ether oxygens (including phenoxy) is 1. The van der Waals surface area contributed by atoms with Crippen LogP contribution in [0.25, 0.3) is 0 Å². The van der Waals surface area contributed by atoms with Gasteiger partial charge in [-0.1, -0.05) is 77.4 Å². The predicted octanol–water partition coefficient (Wildman–Crippen LogP) is 5.95. The van der Waals surface area contributed by atoms with E-state index in [0.29, 0.717) is 6.42 Å². The Morgan fingerprint density at radius 1 is 0.960 bits per heavy atom. The van der Waals surface area contributed by atoms with Crippen LogP contribution in [0.3, 0.4) is 0 Å². The molecule has 3 nitrogen and oxygen atoms in total. The maximum Gasteiger partial charge on any atom is 0.313 e. The van der Waals surface area contributed by atoms with Crippen molar-refractivity contribution in [2.24, 2.45) is 5.92 Å². The highest BCUT2D eigenvalue weighted by atomic mass is 16.6. The van der Waals surface area contributed by atoms with Crippen LogP contribution in [0, 0.1) is 5.92 Å². The Labute approximate surface area is 155 Å². The van der Waals surface area contributed by atoms with Crippen molar-refractivity contribution in [2.45, 2.75) is 116 Å². The highest BCUT2D eigenvalue weighted by Gasteiger charge is 2.42. The molecule has 0 aromatic carbocycles. The van der Waals surface area contributed by atoms with Gasteiger partial charge in [-0.3, -0.25) is 4.79 Å². The SMILES string of the molecule is CCCCCCC/C=C\CC[C@@H](O)C[C@@H]1OC(=O)[C@H]1CCCCCC.